The van der Waals surface area contributed by atoms with Crippen molar-refractivity contribution in [3.8, 4) is 11.5 Å². The zero-order chi connectivity index (χ0) is 21.5. The first-order valence-electron chi connectivity index (χ1n) is 9.26. The highest BCUT2D eigenvalue weighted by atomic mass is 35.5. The normalized spacial score (nSPS) is 11.4. The molecule has 0 aromatic heterocycles. The van der Waals surface area contributed by atoms with Crippen LogP contribution in [0.4, 0.5) is 5.69 Å². The van der Waals surface area contributed by atoms with Crippen LogP contribution >= 0.6 is 23.2 Å². The third-order valence-corrected chi connectivity index (χ3v) is 4.82. The van der Waals surface area contributed by atoms with Gasteiger partial charge in [-0.05, 0) is 42.0 Å². The van der Waals surface area contributed by atoms with Crippen LogP contribution in [0, 0.1) is 0 Å². The van der Waals surface area contributed by atoms with Crippen LogP contribution in [-0.4, -0.2) is 11.8 Å². The van der Waals surface area contributed by atoms with Crippen LogP contribution in [0.15, 0.2) is 72.8 Å². The average molecular weight is 443 g/mol. The van der Waals surface area contributed by atoms with Gasteiger partial charge < -0.3 is 15.4 Å². The molecule has 0 spiro atoms. The van der Waals surface area contributed by atoms with Crippen LogP contribution in [0.25, 0.3) is 0 Å². The van der Waals surface area contributed by atoms with Gasteiger partial charge in [0.1, 0.15) is 5.75 Å². The predicted molar refractivity (Wildman–Crippen MR) is 119 cm³/mol. The lowest BCUT2D eigenvalue weighted by Gasteiger charge is -2.19. The van der Waals surface area contributed by atoms with E-state index in [4.69, 9.17) is 27.9 Å². The van der Waals surface area contributed by atoms with Crippen LogP contribution < -0.4 is 15.4 Å². The Balaban J connectivity index is 1.75. The SMILES string of the molecule is CC(=O)NC(CC(=O)Nc1ccccc1Oc1ccccc1Cl)c1ccc(Cl)cc1. The molecule has 3 aromatic carbocycles. The summed E-state index contributed by atoms with van der Waals surface area (Å²) in [5, 5.41) is 6.70. The number of benzene rings is 3. The number of hydrogen-bond acceptors (Lipinski definition) is 3. The van der Waals surface area contributed by atoms with Gasteiger partial charge in [-0.2, -0.15) is 0 Å². The Bertz CT molecular complexity index is 1040. The molecule has 0 aliphatic rings. The quantitative estimate of drug-likeness (QED) is 0.471. The van der Waals surface area contributed by atoms with Crippen LogP contribution in [0.5, 0.6) is 11.5 Å². The predicted octanol–water partition coefficient (Wildman–Crippen LogP) is 5.99. The molecule has 0 saturated heterocycles. The van der Waals surface area contributed by atoms with Crippen molar-refractivity contribution in [2.24, 2.45) is 0 Å². The van der Waals surface area contributed by atoms with E-state index in [1.54, 1.807) is 60.7 Å². The molecule has 2 N–H and O–H groups in total. The number of nitrogens with one attached hydrogen (secondary N) is 2. The molecule has 3 aromatic rings. The third kappa shape index (κ3) is 5.99. The largest absolute Gasteiger partial charge is 0.454 e. The summed E-state index contributed by atoms with van der Waals surface area (Å²) >= 11 is 12.1. The summed E-state index contributed by atoms with van der Waals surface area (Å²) in [5.74, 6) is 0.434. The minimum absolute atomic E-state index is 0.0433. The molecule has 0 heterocycles. The van der Waals surface area contributed by atoms with E-state index in [1.165, 1.54) is 6.92 Å². The molecule has 0 saturated carbocycles. The topological polar surface area (TPSA) is 67.4 Å². The van der Waals surface area contributed by atoms with Gasteiger partial charge >= 0.3 is 0 Å². The summed E-state index contributed by atoms with van der Waals surface area (Å²) < 4.78 is 5.88. The zero-order valence-electron chi connectivity index (χ0n) is 16.2. The molecule has 2 amide bonds. The fourth-order valence-corrected chi connectivity index (χ4v) is 3.18. The smallest absolute Gasteiger partial charge is 0.226 e. The van der Waals surface area contributed by atoms with E-state index in [9.17, 15) is 9.59 Å². The van der Waals surface area contributed by atoms with E-state index < -0.39 is 6.04 Å². The van der Waals surface area contributed by atoms with Gasteiger partial charge in [-0.25, -0.2) is 0 Å². The number of amides is 2. The summed E-state index contributed by atoms with van der Waals surface area (Å²) in [6, 6.07) is 20.7. The maximum atomic E-state index is 12.7. The highest BCUT2D eigenvalue weighted by molar-refractivity contribution is 6.32. The average Bonchev–Trinajstić information content (AvgIpc) is 2.71. The minimum Gasteiger partial charge on any atom is -0.454 e. The molecule has 3 rings (SSSR count). The molecule has 1 unspecified atom stereocenters. The molecule has 0 fully saturated rings. The van der Waals surface area contributed by atoms with E-state index in [0.29, 0.717) is 27.2 Å². The highest BCUT2D eigenvalue weighted by Crippen LogP contribution is 2.33. The second-order valence-electron chi connectivity index (χ2n) is 6.59. The summed E-state index contributed by atoms with van der Waals surface area (Å²) in [7, 11) is 0. The Hall–Kier alpha value is -3.02. The fraction of sp³-hybridized carbons (Fsp3) is 0.130. The minimum atomic E-state index is -0.489. The monoisotopic (exact) mass is 442 g/mol. The summed E-state index contributed by atoms with van der Waals surface area (Å²) in [6.07, 6.45) is 0.0433. The van der Waals surface area contributed by atoms with Gasteiger partial charge in [0.25, 0.3) is 0 Å². The van der Waals surface area contributed by atoms with Crippen molar-refractivity contribution in [3.63, 3.8) is 0 Å². The van der Waals surface area contributed by atoms with Gasteiger partial charge in [0.05, 0.1) is 23.2 Å². The lowest BCUT2D eigenvalue weighted by molar-refractivity contribution is -0.120. The first-order valence-corrected chi connectivity index (χ1v) is 10.0. The van der Waals surface area contributed by atoms with Crippen molar-refractivity contribution in [1.29, 1.82) is 0 Å². The summed E-state index contributed by atoms with van der Waals surface area (Å²) in [4.78, 5) is 24.4. The lowest BCUT2D eigenvalue weighted by Crippen LogP contribution is -2.29. The summed E-state index contributed by atoms with van der Waals surface area (Å²) in [5.41, 5.74) is 1.28. The molecule has 7 heteroatoms. The van der Waals surface area contributed by atoms with Crippen LogP contribution in [0.1, 0.15) is 24.9 Å². The Morgan fingerprint density at radius 3 is 2.20 bits per heavy atom. The van der Waals surface area contributed by atoms with Gasteiger partial charge in [0.15, 0.2) is 5.75 Å². The second kappa shape index (κ2) is 10.1. The van der Waals surface area contributed by atoms with Crippen molar-refractivity contribution in [3.05, 3.63) is 88.4 Å². The standard InChI is InChI=1S/C23H20Cl2N2O3/c1-15(28)26-20(16-10-12-17(24)13-11-16)14-23(29)27-19-7-3-5-9-22(19)30-21-8-4-2-6-18(21)25/h2-13,20H,14H2,1H3,(H,26,28)(H,27,29). The van der Waals surface area contributed by atoms with Crippen LogP contribution in [0.2, 0.25) is 10.0 Å². The molecule has 0 bridgehead atoms. The number of rotatable bonds is 7. The first kappa shape index (κ1) is 21.7. The number of carbonyl (C=O) groups is 2. The molecular weight excluding hydrogens is 423 g/mol. The van der Waals surface area contributed by atoms with Crippen molar-refractivity contribution in [1.82, 2.24) is 5.32 Å². The van der Waals surface area contributed by atoms with Gasteiger partial charge in [0, 0.05) is 11.9 Å². The van der Waals surface area contributed by atoms with E-state index in [0.717, 1.165) is 5.56 Å². The Morgan fingerprint density at radius 1 is 0.900 bits per heavy atom. The fourth-order valence-electron chi connectivity index (χ4n) is 2.88. The van der Waals surface area contributed by atoms with Crippen molar-refractivity contribution < 1.29 is 14.3 Å². The lowest BCUT2D eigenvalue weighted by atomic mass is 10.0. The second-order valence-corrected chi connectivity index (χ2v) is 7.43. The molecule has 0 aliphatic carbocycles. The number of anilines is 1. The molecule has 1 atom stereocenters. The Labute approximate surface area is 185 Å². The van der Waals surface area contributed by atoms with Crippen LogP contribution in [-0.2, 0) is 9.59 Å². The molecular formula is C23H20Cl2N2O3. The third-order valence-electron chi connectivity index (χ3n) is 4.26. The van der Waals surface area contributed by atoms with Gasteiger partial charge in [-0.3, -0.25) is 9.59 Å². The molecule has 0 aliphatic heterocycles. The van der Waals surface area contributed by atoms with Crippen molar-refractivity contribution >= 4 is 40.7 Å². The molecule has 154 valence electrons. The maximum absolute atomic E-state index is 12.7. The van der Waals surface area contributed by atoms with E-state index in [2.05, 4.69) is 10.6 Å². The highest BCUT2D eigenvalue weighted by Gasteiger charge is 2.18. The Kier molecular flexibility index (Phi) is 7.33. The van der Waals surface area contributed by atoms with Gasteiger partial charge in [0.2, 0.25) is 11.8 Å². The van der Waals surface area contributed by atoms with Crippen molar-refractivity contribution in [2.45, 2.75) is 19.4 Å². The summed E-state index contributed by atoms with van der Waals surface area (Å²) in [6.45, 7) is 1.41. The zero-order valence-corrected chi connectivity index (χ0v) is 17.7. The molecule has 30 heavy (non-hydrogen) atoms. The number of ether oxygens (including phenoxy) is 1. The van der Waals surface area contributed by atoms with E-state index in [-0.39, 0.29) is 18.2 Å². The van der Waals surface area contributed by atoms with Gasteiger partial charge in [-0.1, -0.05) is 59.6 Å². The van der Waals surface area contributed by atoms with Crippen molar-refractivity contribution in [2.75, 3.05) is 5.32 Å². The van der Waals surface area contributed by atoms with Crippen LogP contribution in [0.3, 0.4) is 0 Å². The van der Waals surface area contributed by atoms with Gasteiger partial charge in [-0.15, -0.1) is 0 Å². The number of hydrogen-bond donors (Lipinski definition) is 2. The number of carbonyl (C=O) groups excluding carboxylic acids is 2. The van der Waals surface area contributed by atoms with E-state index >= 15 is 0 Å². The molecule has 5 nitrogen and oxygen atoms in total. The first-order chi connectivity index (χ1) is 14.4. The molecule has 0 radical (unpaired) electrons. The number of para-hydroxylation sites is 3. The maximum Gasteiger partial charge on any atom is 0.226 e. The Morgan fingerprint density at radius 2 is 1.53 bits per heavy atom. The number of halogens is 2. The van der Waals surface area contributed by atoms with E-state index in [1.807, 2.05) is 12.1 Å².